The van der Waals surface area contributed by atoms with E-state index in [0.29, 0.717) is 38.3 Å². The fourth-order valence-corrected chi connectivity index (χ4v) is 3.62. The van der Waals surface area contributed by atoms with Gasteiger partial charge in [0.2, 0.25) is 5.91 Å². The summed E-state index contributed by atoms with van der Waals surface area (Å²) >= 11 is 0. The fraction of sp³-hybridized carbons (Fsp3) is 0.455. The Morgan fingerprint density at radius 2 is 2.03 bits per heavy atom. The molecule has 0 spiro atoms. The number of methoxy groups -OCH3 is 1. The Morgan fingerprint density at radius 3 is 2.76 bits per heavy atom. The van der Waals surface area contributed by atoms with E-state index in [9.17, 15) is 9.59 Å². The topological polar surface area (TPSA) is 72.8 Å². The molecule has 1 N–H and O–H groups in total. The highest BCUT2D eigenvalue weighted by atomic mass is 16.5. The summed E-state index contributed by atoms with van der Waals surface area (Å²) in [6.45, 7) is 6.64. The number of carbonyl (C=O) groups excluding carboxylic acids is 2. The van der Waals surface area contributed by atoms with Crippen LogP contribution in [0.3, 0.4) is 0 Å². The van der Waals surface area contributed by atoms with E-state index >= 15 is 0 Å². The molecule has 0 saturated carbocycles. The van der Waals surface area contributed by atoms with Gasteiger partial charge in [-0.3, -0.25) is 9.59 Å². The second kappa shape index (κ2) is 9.71. The Kier molecular flexibility index (Phi) is 7.06. The van der Waals surface area contributed by atoms with Crippen LogP contribution in [0.4, 0.5) is 0 Å². The van der Waals surface area contributed by atoms with Crippen molar-refractivity contribution >= 4 is 11.8 Å². The standard InChI is InChI=1S/C22H29N3O4/c1-16-11-20(17(2)25(16)9-10-28-3)22(27)23-12-19-14-24(21(26)15-29-19)13-18-7-5-4-6-8-18/h4-8,11,19H,9-10,12-15H2,1-3H3,(H,23,27). The van der Waals surface area contributed by atoms with Crippen molar-refractivity contribution in [1.82, 2.24) is 14.8 Å². The number of ether oxygens (including phenoxy) is 2. The Bertz CT molecular complexity index is 847. The lowest BCUT2D eigenvalue weighted by molar-refractivity contribution is -0.149. The van der Waals surface area contributed by atoms with Crippen molar-refractivity contribution in [3.63, 3.8) is 0 Å². The molecule has 0 aliphatic carbocycles. The highest BCUT2D eigenvalue weighted by Crippen LogP contribution is 2.16. The van der Waals surface area contributed by atoms with Crippen LogP contribution >= 0.6 is 0 Å². The Hall–Kier alpha value is -2.64. The fourth-order valence-electron chi connectivity index (χ4n) is 3.62. The number of carbonyl (C=O) groups is 2. The summed E-state index contributed by atoms with van der Waals surface area (Å²) in [5.41, 5.74) is 3.68. The van der Waals surface area contributed by atoms with Gasteiger partial charge < -0.3 is 24.3 Å². The first kappa shape index (κ1) is 21.1. The molecule has 7 heteroatoms. The largest absolute Gasteiger partial charge is 0.383 e. The number of amides is 2. The van der Waals surface area contributed by atoms with E-state index in [0.717, 1.165) is 17.0 Å². The summed E-state index contributed by atoms with van der Waals surface area (Å²) in [5, 5.41) is 2.96. The zero-order valence-corrected chi connectivity index (χ0v) is 17.3. The van der Waals surface area contributed by atoms with E-state index in [1.54, 1.807) is 12.0 Å². The highest BCUT2D eigenvalue weighted by molar-refractivity contribution is 5.95. The lowest BCUT2D eigenvalue weighted by Gasteiger charge is -2.33. The maximum Gasteiger partial charge on any atom is 0.253 e. The lowest BCUT2D eigenvalue weighted by Crippen LogP contribution is -2.50. The van der Waals surface area contributed by atoms with Crippen molar-refractivity contribution in [1.29, 1.82) is 0 Å². The predicted molar refractivity (Wildman–Crippen MR) is 110 cm³/mol. The van der Waals surface area contributed by atoms with Crippen molar-refractivity contribution in [2.24, 2.45) is 0 Å². The lowest BCUT2D eigenvalue weighted by atomic mass is 10.1. The van der Waals surface area contributed by atoms with Crippen molar-refractivity contribution < 1.29 is 19.1 Å². The summed E-state index contributed by atoms with van der Waals surface area (Å²) in [4.78, 5) is 26.7. The van der Waals surface area contributed by atoms with Gasteiger partial charge in [-0.1, -0.05) is 30.3 Å². The van der Waals surface area contributed by atoms with Crippen molar-refractivity contribution in [2.45, 2.75) is 33.0 Å². The average molecular weight is 399 g/mol. The first-order chi connectivity index (χ1) is 14.0. The molecule has 0 radical (unpaired) electrons. The van der Waals surface area contributed by atoms with E-state index in [4.69, 9.17) is 9.47 Å². The Labute approximate surface area is 171 Å². The van der Waals surface area contributed by atoms with Crippen LogP contribution in [0.25, 0.3) is 0 Å². The number of nitrogens with zero attached hydrogens (tertiary/aromatic N) is 2. The molecule has 7 nitrogen and oxygen atoms in total. The third-order valence-electron chi connectivity index (χ3n) is 5.26. The van der Waals surface area contributed by atoms with E-state index in [1.165, 1.54) is 0 Å². The van der Waals surface area contributed by atoms with Crippen LogP contribution < -0.4 is 5.32 Å². The number of benzene rings is 1. The molecule has 1 unspecified atom stereocenters. The summed E-state index contributed by atoms with van der Waals surface area (Å²) in [6.07, 6.45) is -0.225. The highest BCUT2D eigenvalue weighted by Gasteiger charge is 2.27. The van der Waals surface area contributed by atoms with Crippen molar-refractivity contribution in [3.05, 3.63) is 58.9 Å². The minimum Gasteiger partial charge on any atom is -0.383 e. The van der Waals surface area contributed by atoms with Crippen LogP contribution in [-0.4, -0.2) is 60.8 Å². The Balaban J connectivity index is 1.57. The first-order valence-electron chi connectivity index (χ1n) is 9.86. The molecule has 1 saturated heterocycles. The van der Waals surface area contributed by atoms with E-state index in [-0.39, 0.29) is 24.5 Å². The second-order valence-electron chi connectivity index (χ2n) is 7.33. The van der Waals surface area contributed by atoms with Gasteiger partial charge in [0.05, 0.1) is 18.3 Å². The van der Waals surface area contributed by atoms with Gasteiger partial charge in [0.15, 0.2) is 0 Å². The van der Waals surface area contributed by atoms with Gasteiger partial charge in [-0.05, 0) is 25.5 Å². The van der Waals surface area contributed by atoms with Crippen LogP contribution in [0.15, 0.2) is 36.4 Å². The maximum absolute atomic E-state index is 12.7. The summed E-state index contributed by atoms with van der Waals surface area (Å²) in [7, 11) is 1.66. The van der Waals surface area contributed by atoms with Crippen LogP contribution in [0.1, 0.15) is 27.3 Å². The zero-order valence-electron chi connectivity index (χ0n) is 17.3. The van der Waals surface area contributed by atoms with Crippen molar-refractivity contribution in [3.8, 4) is 0 Å². The van der Waals surface area contributed by atoms with Gasteiger partial charge in [0.1, 0.15) is 6.61 Å². The number of aryl methyl sites for hydroxylation is 1. The van der Waals surface area contributed by atoms with Crippen LogP contribution in [0.2, 0.25) is 0 Å². The van der Waals surface area contributed by atoms with Gasteiger partial charge in [-0.15, -0.1) is 0 Å². The molecule has 1 aliphatic heterocycles. The van der Waals surface area contributed by atoms with E-state index in [1.807, 2.05) is 50.2 Å². The van der Waals surface area contributed by atoms with Gasteiger partial charge in [0, 0.05) is 44.7 Å². The number of hydrogen-bond donors (Lipinski definition) is 1. The molecule has 2 heterocycles. The van der Waals surface area contributed by atoms with Gasteiger partial charge >= 0.3 is 0 Å². The number of rotatable bonds is 8. The van der Waals surface area contributed by atoms with E-state index < -0.39 is 0 Å². The third kappa shape index (κ3) is 5.25. The molecule has 2 amide bonds. The predicted octanol–water partition coefficient (Wildman–Crippen LogP) is 1.91. The average Bonchev–Trinajstić information content (AvgIpc) is 3.01. The normalized spacial score (nSPS) is 16.9. The zero-order chi connectivity index (χ0) is 20.8. The van der Waals surface area contributed by atoms with Gasteiger partial charge in [-0.2, -0.15) is 0 Å². The summed E-state index contributed by atoms with van der Waals surface area (Å²) in [6, 6.07) is 11.8. The smallest absolute Gasteiger partial charge is 0.253 e. The molecule has 1 atom stereocenters. The van der Waals surface area contributed by atoms with Crippen LogP contribution in [0.5, 0.6) is 0 Å². The summed E-state index contributed by atoms with van der Waals surface area (Å²) < 4.78 is 12.9. The number of aromatic nitrogens is 1. The molecule has 2 aromatic rings. The first-order valence-corrected chi connectivity index (χ1v) is 9.86. The molecule has 29 heavy (non-hydrogen) atoms. The Morgan fingerprint density at radius 1 is 1.28 bits per heavy atom. The van der Waals surface area contributed by atoms with Gasteiger partial charge in [0.25, 0.3) is 5.91 Å². The SMILES string of the molecule is COCCn1c(C)cc(C(=O)NCC2CN(Cc3ccccc3)C(=O)CO2)c1C. The number of hydrogen-bond acceptors (Lipinski definition) is 4. The molecular formula is C22H29N3O4. The second-order valence-corrected chi connectivity index (χ2v) is 7.33. The third-order valence-corrected chi connectivity index (χ3v) is 5.26. The molecule has 1 fully saturated rings. The quantitative estimate of drug-likeness (QED) is 0.736. The molecule has 1 aliphatic rings. The molecule has 156 valence electrons. The maximum atomic E-state index is 12.7. The number of morpholine rings is 1. The van der Waals surface area contributed by atoms with Gasteiger partial charge in [-0.25, -0.2) is 0 Å². The summed E-state index contributed by atoms with van der Waals surface area (Å²) in [5.74, 6) is -0.157. The van der Waals surface area contributed by atoms with Crippen LogP contribution in [0, 0.1) is 13.8 Å². The minimum atomic E-state index is -0.225. The molecular weight excluding hydrogens is 370 g/mol. The van der Waals surface area contributed by atoms with Crippen LogP contribution in [-0.2, 0) is 27.4 Å². The molecule has 0 bridgehead atoms. The monoisotopic (exact) mass is 399 g/mol. The van der Waals surface area contributed by atoms with Crippen molar-refractivity contribution in [2.75, 3.05) is 33.4 Å². The molecule has 1 aromatic carbocycles. The number of nitrogens with one attached hydrogen (secondary N) is 1. The molecule has 3 rings (SSSR count). The minimum absolute atomic E-state index is 0.0295. The van der Waals surface area contributed by atoms with E-state index in [2.05, 4.69) is 9.88 Å². The molecule has 1 aromatic heterocycles.